The summed E-state index contributed by atoms with van der Waals surface area (Å²) in [6.45, 7) is 5.47. The molecule has 1 saturated heterocycles. The van der Waals surface area contributed by atoms with Gasteiger partial charge in [0, 0.05) is 30.8 Å². The summed E-state index contributed by atoms with van der Waals surface area (Å²) >= 11 is 0. The smallest absolute Gasteiger partial charge is 0.162 e. The van der Waals surface area contributed by atoms with Crippen LogP contribution in [0, 0.1) is 0 Å². The van der Waals surface area contributed by atoms with Crippen LogP contribution in [-0.2, 0) is 4.74 Å². The first-order valence-corrected chi connectivity index (χ1v) is 7.27. The minimum Gasteiger partial charge on any atom is -0.378 e. The lowest BCUT2D eigenvalue weighted by atomic mass is 10.1. The number of Topliss-reactive ketones (excluding diaryl/α,β-unsaturated/α-hetero) is 1. The van der Waals surface area contributed by atoms with Gasteiger partial charge in [0.2, 0.25) is 0 Å². The van der Waals surface area contributed by atoms with E-state index in [4.69, 9.17) is 4.74 Å². The van der Waals surface area contributed by atoms with E-state index in [9.17, 15) is 4.79 Å². The maximum atomic E-state index is 11.7. The van der Waals surface area contributed by atoms with Crippen molar-refractivity contribution in [1.82, 2.24) is 11.5 Å². The zero-order chi connectivity index (χ0) is 14.8. The van der Waals surface area contributed by atoms with Gasteiger partial charge >= 0.3 is 0 Å². The Bertz CT molecular complexity index is 387. The molecule has 120 valence electrons. The van der Waals surface area contributed by atoms with Crippen molar-refractivity contribution in [3.63, 3.8) is 0 Å². The molecule has 5 heteroatoms. The normalized spacial score (nSPS) is 13.8. The van der Waals surface area contributed by atoms with Crippen molar-refractivity contribution < 1.29 is 9.53 Å². The van der Waals surface area contributed by atoms with Crippen molar-refractivity contribution in [1.29, 1.82) is 0 Å². The molecule has 4 N–H and O–H groups in total. The number of nitrogens with one attached hydrogen (secondary N) is 1. The zero-order valence-corrected chi connectivity index (χ0v) is 13.5. The van der Waals surface area contributed by atoms with Gasteiger partial charge in [-0.15, -0.1) is 0 Å². The van der Waals surface area contributed by atoms with E-state index < -0.39 is 0 Å². The number of nitrogens with zero attached hydrogens (tertiary/aromatic N) is 1. The average molecular weight is 295 g/mol. The molecule has 5 nitrogen and oxygen atoms in total. The molecule has 1 aromatic rings. The molecule has 0 amide bonds. The van der Waals surface area contributed by atoms with Gasteiger partial charge in [0.25, 0.3) is 0 Å². The molecule has 21 heavy (non-hydrogen) atoms. The van der Waals surface area contributed by atoms with Crippen LogP contribution in [0.25, 0.3) is 0 Å². The molecule has 1 aliphatic heterocycles. The second kappa shape index (κ2) is 11.3. The molecule has 0 aromatic heterocycles. The molecule has 0 saturated carbocycles. The summed E-state index contributed by atoms with van der Waals surface area (Å²) in [6.07, 6.45) is 1.54. The molecule has 0 bridgehead atoms. The maximum Gasteiger partial charge on any atom is 0.162 e. The summed E-state index contributed by atoms with van der Waals surface area (Å²) < 4.78 is 5.32. The molecule has 0 aliphatic carbocycles. The van der Waals surface area contributed by atoms with Gasteiger partial charge in [-0.1, -0.05) is 6.92 Å². The number of rotatable bonds is 4. The van der Waals surface area contributed by atoms with Gasteiger partial charge in [0.1, 0.15) is 0 Å². The highest BCUT2D eigenvalue weighted by molar-refractivity contribution is 5.96. The highest BCUT2D eigenvalue weighted by Gasteiger charge is 2.11. The number of hydrogen-bond donors (Lipinski definition) is 2. The van der Waals surface area contributed by atoms with Crippen LogP contribution in [0.4, 0.5) is 5.69 Å². The first-order chi connectivity index (χ1) is 9.72. The second-order valence-electron chi connectivity index (χ2n) is 4.82. The fourth-order valence-electron chi connectivity index (χ4n) is 2.05. The van der Waals surface area contributed by atoms with Crippen LogP contribution < -0.4 is 16.4 Å². The van der Waals surface area contributed by atoms with Gasteiger partial charge in [0.15, 0.2) is 5.78 Å². The van der Waals surface area contributed by atoms with E-state index in [1.807, 2.05) is 45.3 Å². The van der Waals surface area contributed by atoms with Crippen LogP contribution in [0.2, 0.25) is 0 Å². The second-order valence-corrected chi connectivity index (χ2v) is 4.82. The monoisotopic (exact) mass is 295 g/mol. The Hall–Kier alpha value is -1.43. The van der Waals surface area contributed by atoms with Gasteiger partial charge in [-0.2, -0.15) is 0 Å². The molecule has 0 atom stereocenters. The van der Waals surface area contributed by atoms with Crippen molar-refractivity contribution in [2.24, 2.45) is 0 Å². The molecule has 0 radical (unpaired) electrons. The van der Waals surface area contributed by atoms with E-state index in [-0.39, 0.29) is 11.9 Å². The van der Waals surface area contributed by atoms with Crippen LogP contribution in [0.1, 0.15) is 30.1 Å². The fraction of sp³-hybridized carbons (Fsp3) is 0.562. The quantitative estimate of drug-likeness (QED) is 0.835. The number of hydrogen-bond acceptors (Lipinski definition) is 5. The fourth-order valence-corrected chi connectivity index (χ4v) is 2.05. The summed E-state index contributed by atoms with van der Waals surface area (Å²) in [4.78, 5) is 14.0. The van der Waals surface area contributed by atoms with Crippen LogP contribution in [0.15, 0.2) is 24.3 Å². The van der Waals surface area contributed by atoms with Gasteiger partial charge in [-0.3, -0.25) is 4.79 Å². The highest BCUT2D eigenvalue weighted by atomic mass is 16.5. The molecular weight excluding hydrogens is 266 g/mol. The van der Waals surface area contributed by atoms with E-state index in [2.05, 4.69) is 10.2 Å². The van der Waals surface area contributed by atoms with Crippen LogP contribution in [0.3, 0.4) is 0 Å². The maximum absolute atomic E-state index is 11.7. The van der Waals surface area contributed by atoms with Crippen molar-refractivity contribution in [2.45, 2.75) is 19.8 Å². The average Bonchev–Trinajstić information content (AvgIpc) is 2.49. The Morgan fingerprint density at radius 2 is 1.71 bits per heavy atom. The molecule has 2 rings (SSSR count). The molecule has 1 heterocycles. The lowest BCUT2D eigenvalue weighted by Crippen LogP contribution is -2.36. The first kappa shape index (κ1) is 19.6. The number of ketones is 1. The first-order valence-electron chi connectivity index (χ1n) is 7.27. The Balaban J connectivity index is 0.000000922. The van der Waals surface area contributed by atoms with Crippen molar-refractivity contribution in [2.75, 3.05) is 45.3 Å². The minimum atomic E-state index is 0. The number of benzene rings is 1. The van der Waals surface area contributed by atoms with Crippen LogP contribution in [-0.4, -0.2) is 46.2 Å². The molecule has 1 aliphatic rings. The van der Waals surface area contributed by atoms with Gasteiger partial charge in [-0.25, -0.2) is 0 Å². The van der Waals surface area contributed by atoms with Gasteiger partial charge in [-0.05, 0) is 44.8 Å². The molecule has 0 spiro atoms. The summed E-state index contributed by atoms with van der Waals surface area (Å²) in [6, 6.07) is 7.94. The Labute approximate surface area is 128 Å². The molecule has 0 unspecified atom stereocenters. The van der Waals surface area contributed by atoms with Crippen molar-refractivity contribution in [3.8, 4) is 0 Å². The Morgan fingerprint density at radius 1 is 1.19 bits per heavy atom. The SMILES string of the molecule is CCCC(=O)c1ccc(N2CCOCC2)cc1.CNC.N. The number of carbonyl (C=O) groups is 1. The lowest BCUT2D eigenvalue weighted by Gasteiger charge is -2.28. The van der Waals surface area contributed by atoms with Gasteiger partial charge < -0.3 is 21.1 Å². The molecular formula is C16H29N3O2. The van der Waals surface area contributed by atoms with E-state index in [0.29, 0.717) is 6.42 Å². The summed E-state index contributed by atoms with van der Waals surface area (Å²) in [7, 11) is 3.75. The largest absolute Gasteiger partial charge is 0.378 e. The number of anilines is 1. The summed E-state index contributed by atoms with van der Waals surface area (Å²) in [5, 5.41) is 2.75. The lowest BCUT2D eigenvalue weighted by molar-refractivity contribution is 0.0981. The number of morpholine rings is 1. The molecule has 1 aromatic carbocycles. The predicted molar refractivity (Wildman–Crippen MR) is 88.7 cm³/mol. The van der Waals surface area contributed by atoms with E-state index in [0.717, 1.165) is 38.3 Å². The third-order valence-electron chi connectivity index (χ3n) is 3.04. The Kier molecular flexibility index (Phi) is 10.5. The predicted octanol–water partition coefficient (Wildman–Crippen LogP) is 2.50. The van der Waals surface area contributed by atoms with Crippen molar-refractivity contribution in [3.05, 3.63) is 29.8 Å². The van der Waals surface area contributed by atoms with E-state index >= 15 is 0 Å². The topological polar surface area (TPSA) is 76.6 Å². The third kappa shape index (κ3) is 6.71. The number of ether oxygens (including phenoxy) is 1. The standard InChI is InChI=1S/C14H19NO2.C2H7N.H3N/c1-2-3-14(16)12-4-6-13(7-5-12)15-8-10-17-11-9-15;1-3-2;/h4-7H,2-3,8-11H2,1H3;3H,1-2H3;1H3. The van der Waals surface area contributed by atoms with Crippen LogP contribution in [0.5, 0.6) is 0 Å². The summed E-state index contributed by atoms with van der Waals surface area (Å²) in [5.74, 6) is 0.237. The van der Waals surface area contributed by atoms with Crippen molar-refractivity contribution >= 4 is 11.5 Å². The summed E-state index contributed by atoms with van der Waals surface area (Å²) in [5.41, 5.74) is 2.00. The highest BCUT2D eigenvalue weighted by Crippen LogP contribution is 2.17. The van der Waals surface area contributed by atoms with Crippen LogP contribution >= 0.6 is 0 Å². The number of carbonyl (C=O) groups excluding carboxylic acids is 1. The third-order valence-corrected chi connectivity index (χ3v) is 3.04. The minimum absolute atomic E-state index is 0. The van der Waals surface area contributed by atoms with E-state index in [1.54, 1.807) is 0 Å². The van der Waals surface area contributed by atoms with Gasteiger partial charge in [0.05, 0.1) is 13.2 Å². The zero-order valence-electron chi connectivity index (χ0n) is 13.5. The molecule has 1 fully saturated rings. The Morgan fingerprint density at radius 3 is 2.19 bits per heavy atom. The van der Waals surface area contributed by atoms with E-state index in [1.165, 1.54) is 5.69 Å².